The van der Waals surface area contributed by atoms with E-state index in [9.17, 15) is 0 Å². The van der Waals surface area contributed by atoms with Crippen molar-refractivity contribution in [3.05, 3.63) is 71.8 Å². The first-order valence-corrected chi connectivity index (χ1v) is 9.11. The van der Waals surface area contributed by atoms with Crippen LogP contribution >= 0.6 is 0 Å². The van der Waals surface area contributed by atoms with Gasteiger partial charge < -0.3 is 9.47 Å². The maximum atomic E-state index is 6.23. The predicted octanol–water partition coefficient (Wildman–Crippen LogP) is 6.52. The molecular weight excluding hydrogens is 320 g/mol. The second kappa shape index (κ2) is 8.09. The minimum atomic E-state index is 0.557. The highest BCUT2D eigenvalue weighted by Gasteiger charge is 2.18. The Balaban J connectivity index is 2.37. The van der Waals surface area contributed by atoms with Gasteiger partial charge in [-0.05, 0) is 38.8 Å². The second-order valence-corrected chi connectivity index (χ2v) is 6.41. The average Bonchev–Trinajstić information content (AvgIpc) is 2.64. The van der Waals surface area contributed by atoms with Crippen LogP contribution in [0.2, 0.25) is 0 Å². The number of aryl methyl sites for hydroxylation is 2. The van der Waals surface area contributed by atoms with Crippen molar-refractivity contribution in [3.63, 3.8) is 0 Å². The fourth-order valence-electron chi connectivity index (χ4n) is 3.34. The van der Waals surface area contributed by atoms with Crippen molar-refractivity contribution >= 4 is 21.5 Å². The summed E-state index contributed by atoms with van der Waals surface area (Å²) in [6.45, 7) is 9.38. The smallest absolute Gasteiger partial charge is 0.135 e. The van der Waals surface area contributed by atoms with Crippen molar-refractivity contribution in [1.82, 2.24) is 0 Å². The number of rotatable bonds is 6. The molecule has 0 saturated carbocycles. The fourth-order valence-corrected chi connectivity index (χ4v) is 3.34. The molecule has 2 heteroatoms. The van der Waals surface area contributed by atoms with E-state index in [0.29, 0.717) is 13.2 Å². The van der Waals surface area contributed by atoms with Gasteiger partial charge in [-0.25, -0.2) is 0 Å². The first-order valence-electron chi connectivity index (χ1n) is 9.11. The highest BCUT2D eigenvalue weighted by atomic mass is 16.5. The molecule has 3 aromatic rings. The summed E-state index contributed by atoms with van der Waals surface area (Å²) in [7, 11) is 0. The van der Waals surface area contributed by atoms with Gasteiger partial charge in [0.25, 0.3) is 0 Å². The molecule has 0 amide bonds. The summed E-state index contributed by atoms with van der Waals surface area (Å²) in [6, 6.07) is 12.7. The molecule has 0 atom stereocenters. The minimum Gasteiger partial charge on any atom is -0.488 e. The van der Waals surface area contributed by atoms with E-state index >= 15 is 0 Å². The van der Waals surface area contributed by atoms with Crippen LogP contribution in [0.25, 0.3) is 21.5 Å². The van der Waals surface area contributed by atoms with E-state index in [1.165, 1.54) is 11.1 Å². The van der Waals surface area contributed by atoms with Gasteiger partial charge in [0.15, 0.2) is 0 Å². The highest BCUT2D eigenvalue weighted by molar-refractivity contribution is 6.13. The Morgan fingerprint density at radius 2 is 1.12 bits per heavy atom. The van der Waals surface area contributed by atoms with Crippen LogP contribution in [-0.2, 0) is 0 Å². The lowest BCUT2D eigenvalue weighted by Crippen LogP contribution is -2.01. The monoisotopic (exact) mass is 346 g/mol. The quantitative estimate of drug-likeness (QED) is 0.374. The van der Waals surface area contributed by atoms with Gasteiger partial charge in [-0.2, -0.15) is 0 Å². The van der Waals surface area contributed by atoms with Crippen LogP contribution in [0.3, 0.4) is 0 Å². The molecule has 0 fully saturated rings. The van der Waals surface area contributed by atoms with Gasteiger partial charge in [-0.3, -0.25) is 0 Å². The molecule has 0 aliphatic rings. The molecule has 0 bridgehead atoms. The molecule has 26 heavy (non-hydrogen) atoms. The molecular formula is C24H26O2. The molecule has 0 unspecified atom stereocenters. The first kappa shape index (κ1) is 18.1. The van der Waals surface area contributed by atoms with Gasteiger partial charge in [0.05, 0.1) is 0 Å². The normalized spacial score (nSPS) is 11.8. The molecule has 0 aromatic heterocycles. The van der Waals surface area contributed by atoms with Crippen molar-refractivity contribution in [2.45, 2.75) is 27.7 Å². The number of allylic oxidation sites excluding steroid dienone is 2. The average molecular weight is 346 g/mol. The minimum absolute atomic E-state index is 0.557. The van der Waals surface area contributed by atoms with Gasteiger partial charge in [-0.15, -0.1) is 0 Å². The van der Waals surface area contributed by atoms with E-state index in [0.717, 1.165) is 33.0 Å². The van der Waals surface area contributed by atoms with Crippen molar-refractivity contribution in [2.75, 3.05) is 13.2 Å². The fraction of sp³-hybridized carbons (Fsp3) is 0.250. The Hall–Kier alpha value is -2.74. The Morgan fingerprint density at radius 3 is 1.50 bits per heavy atom. The van der Waals surface area contributed by atoms with E-state index < -0.39 is 0 Å². The molecule has 134 valence electrons. The summed E-state index contributed by atoms with van der Waals surface area (Å²) >= 11 is 0. The number of hydrogen-bond donors (Lipinski definition) is 0. The molecule has 0 aliphatic heterocycles. The van der Waals surface area contributed by atoms with Gasteiger partial charge in [-0.1, -0.05) is 60.7 Å². The third-order valence-corrected chi connectivity index (χ3v) is 4.61. The Labute approximate surface area is 155 Å². The Kier molecular flexibility index (Phi) is 5.62. The Morgan fingerprint density at radius 1 is 0.692 bits per heavy atom. The lowest BCUT2D eigenvalue weighted by atomic mass is 9.95. The number of hydrogen-bond acceptors (Lipinski definition) is 2. The maximum absolute atomic E-state index is 6.23. The lowest BCUT2D eigenvalue weighted by molar-refractivity contribution is 0.365. The number of ether oxygens (including phenoxy) is 2. The summed E-state index contributed by atoms with van der Waals surface area (Å²) < 4.78 is 12.5. The van der Waals surface area contributed by atoms with Crippen LogP contribution in [0.1, 0.15) is 25.0 Å². The van der Waals surface area contributed by atoms with E-state index in [-0.39, 0.29) is 0 Å². The van der Waals surface area contributed by atoms with Crippen molar-refractivity contribution in [2.24, 2.45) is 0 Å². The zero-order chi connectivity index (χ0) is 18.5. The van der Waals surface area contributed by atoms with Gasteiger partial charge in [0.2, 0.25) is 0 Å². The molecule has 3 rings (SSSR count). The zero-order valence-electron chi connectivity index (χ0n) is 16.0. The van der Waals surface area contributed by atoms with E-state index in [1.54, 1.807) is 0 Å². The summed E-state index contributed by atoms with van der Waals surface area (Å²) in [5.41, 5.74) is 2.38. The molecule has 0 aliphatic carbocycles. The standard InChI is InChI=1S/C24H26O2/c1-5-7-15-25-23-19-13-9-12-18(4)22(19)24(26-16-8-6-2)20-14-10-11-17(3)21(20)23/h5-14H,15-16H2,1-4H3/b7-5+,8-6+. The van der Waals surface area contributed by atoms with Gasteiger partial charge in [0.1, 0.15) is 24.7 Å². The first-order chi connectivity index (χ1) is 12.7. The van der Waals surface area contributed by atoms with Crippen molar-refractivity contribution in [3.8, 4) is 11.5 Å². The third kappa shape index (κ3) is 3.32. The highest BCUT2D eigenvalue weighted by Crippen LogP contribution is 2.45. The van der Waals surface area contributed by atoms with Crippen LogP contribution in [0, 0.1) is 13.8 Å². The van der Waals surface area contributed by atoms with Crippen molar-refractivity contribution < 1.29 is 9.47 Å². The van der Waals surface area contributed by atoms with Crippen LogP contribution in [-0.4, -0.2) is 13.2 Å². The van der Waals surface area contributed by atoms with Crippen molar-refractivity contribution in [1.29, 1.82) is 0 Å². The zero-order valence-corrected chi connectivity index (χ0v) is 16.0. The van der Waals surface area contributed by atoms with Crippen LogP contribution in [0.5, 0.6) is 11.5 Å². The third-order valence-electron chi connectivity index (χ3n) is 4.61. The predicted molar refractivity (Wildman–Crippen MR) is 112 cm³/mol. The number of benzene rings is 3. The van der Waals surface area contributed by atoms with Crippen LogP contribution < -0.4 is 9.47 Å². The van der Waals surface area contributed by atoms with E-state index in [4.69, 9.17) is 9.47 Å². The topological polar surface area (TPSA) is 18.5 Å². The molecule has 0 spiro atoms. The van der Waals surface area contributed by atoms with E-state index in [2.05, 4.69) is 50.2 Å². The summed E-state index contributed by atoms with van der Waals surface area (Å²) in [6.07, 6.45) is 8.08. The summed E-state index contributed by atoms with van der Waals surface area (Å²) in [5.74, 6) is 1.88. The maximum Gasteiger partial charge on any atom is 0.135 e. The largest absolute Gasteiger partial charge is 0.488 e. The van der Waals surface area contributed by atoms with E-state index in [1.807, 2.05) is 38.2 Å². The summed E-state index contributed by atoms with van der Waals surface area (Å²) in [5, 5.41) is 4.47. The SMILES string of the molecule is C/C=C/COc1c2cccc(C)c2c(OC/C=C/C)c2cccc(C)c12. The molecule has 2 nitrogen and oxygen atoms in total. The second-order valence-electron chi connectivity index (χ2n) is 6.41. The van der Waals surface area contributed by atoms with Gasteiger partial charge >= 0.3 is 0 Å². The molecule has 0 radical (unpaired) electrons. The lowest BCUT2D eigenvalue weighted by Gasteiger charge is -2.19. The Bertz CT molecular complexity index is 899. The molecule has 0 N–H and O–H groups in total. The molecule has 0 saturated heterocycles. The summed E-state index contributed by atoms with van der Waals surface area (Å²) in [4.78, 5) is 0. The molecule has 0 heterocycles. The van der Waals surface area contributed by atoms with Crippen LogP contribution in [0.4, 0.5) is 0 Å². The van der Waals surface area contributed by atoms with Gasteiger partial charge in [0, 0.05) is 21.5 Å². The molecule has 3 aromatic carbocycles. The van der Waals surface area contributed by atoms with Crippen LogP contribution in [0.15, 0.2) is 60.7 Å². The number of fused-ring (bicyclic) bond motifs is 2.